The lowest BCUT2D eigenvalue weighted by Gasteiger charge is -2.33. The number of benzene rings is 2. The zero-order valence-corrected chi connectivity index (χ0v) is 11.9. The van der Waals surface area contributed by atoms with Gasteiger partial charge in [-0.2, -0.15) is 0 Å². The van der Waals surface area contributed by atoms with Crippen molar-refractivity contribution in [3.05, 3.63) is 64.5 Å². The summed E-state index contributed by atoms with van der Waals surface area (Å²) in [7, 11) is 3.84. The number of hydroxylamine groups is 1. The number of hydrogen-bond acceptors (Lipinski definition) is 6. The van der Waals surface area contributed by atoms with Crippen LogP contribution in [0, 0.1) is 10.4 Å². The van der Waals surface area contributed by atoms with Gasteiger partial charge in [-0.3, -0.25) is 5.21 Å². The van der Waals surface area contributed by atoms with Crippen LogP contribution in [0.4, 0.5) is 17.1 Å². The van der Waals surface area contributed by atoms with Gasteiger partial charge in [0.05, 0.1) is 5.69 Å². The second-order valence-corrected chi connectivity index (χ2v) is 4.85. The summed E-state index contributed by atoms with van der Waals surface area (Å²) in [6.45, 7) is -0.0171. The molecule has 0 saturated carbocycles. The first-order valence-electron chi connectivity index (χ1n) is 6.45. The molecule has 6 heteroatoms. The van der Waals surface area contributed by atoms with Gasteiger partial charge < -0.3 is 25.6 Å². The molecule has 0 bridgehead atoms. The summed E-state index contributed by atoms with van der Waals surface area (Å²) in [5.74, 6) is 0. The smallest absolute Gasteiger partial charge is 0.0558 e. The van der Waals surface area contributed by atoms with Crippen molar-refractivity contribution >= 4 is 17.1 Å². The van der Waals surface area contributed by atoms with Crippen LogP contribution < -0.4 is 15.2 Å². The Labute approximate surface area is 123 Å². The van der Waals surface area contributed by atoms with E-state index >= 15 is 0 Å². The Hall–Kier alpha value is -2.28. The average molecular weight is 287 g/mol. The number of hydrogen-bond donors (Lipinski definition) is 1. The van der Waals surface area contributed by atoms with E-state index in [1.54, 1.807) is 30.3 Å². The molecule has 0 aliphatic rings. The highest BCUT2D eigenvalue weighted by Crippen LogP contribution is 2.24. The second kappa shape index (κ2) is 6.45. The van der Waals surface area contributed by atoms with Crippen LogP contribution in [-0.2, 0) is 6.54 Å². The van der Waals surface area contributed by atoms with E-state index in [2.05, 4.69) is 0 Å². The topological polar surface area (TPSA) is 76.1 Å². The van der Waals surface area contributed by atoms with Crippen LogP contribution in [0.1, 0.15) is 5.56 Å². The first-order chi connectivity index (χ1) is 9.99. The summed E-state index contributed by atoms with van der Waals surface area (Å²) in [5, 5.41) is 32.8. The molecule has 0 aliphatic heterocycles. The molecule has 0 spiro atoms. The number of rotatable bonds is 5. The minimum absolute atomic E-state index is 0.0171. The molecular formula is C15H17N3O3-2. The Morgan fingerprint density at radius 1 is 0.905 bits per heavy atom. The lowest BCUT2D eigenvalue weighted by atomic mass is 10.1. The normalized spacial score (nSPS) is 10.3. The average Bonchev–Trinajstić information content (AvgIpc) is 2.47. The summed E-state index contributed by atoms with van der Waals surface area (Å²) >= 11 is 0. The highest BCUT2D eigenvalue weighted by molar-refractivity contribution is 5.58. The van der Waals surface area contributed by atoms with Gasteiger partial charge in [0.1, 0.15) is 0 Å². The third-order valence-electron chi connectivity index (χ3n) is 3.17. The maximum Gasteiger partial charge on any atom is 0.0558 e. The zero-order chi connectivity index (χ0) is 15.4. The molecular weight excluding hydrogens is 270 g/mol. The molecule has 0 aromatic heterocycles. The van der Waals surface area contributed by atoms with Gasteiger partial charge in [-0.05, 0) is 35.9 Å². The molecule has 0 heterocycles. The van der Waals surface area contributed by atoms with E-state index in [0.29, 0.717) is 11.3 Å². The number of anilines is 3. The molecule has 0 amide bonds. The predicted molar refractivity (Wildman–Crippen MR) is 84.4 cm³/mol. The molecule has 2 aromatic carbocycles. The molecule has 1 N–H and O–H groups in total. The highest BCUT2D eigenvalue weighted by atomic mass is 16.8. The van der Waals surface area contributed by atoms with Gasteiger partial charge in [0.15, 0.2) is 0 Å². The Bertz CT molecular complexity index is 585. The van der Waals surface area contributed by atoms with E-state index in [9.17, 15) is 10.4 Å². The van der Waals surface area contributed by atoms with E-state index in [4.69, 9.17) is 5.21 Å². The van der Waals surface area contributed by atoms with E-state index in [1.807, 2.05) is 31.1 Å². The molecule has 0 aliphatic carbocycles. The first kappa shape index (κ1) is 15.1. The summed E-state index contributed by atoms with van der Waals surface area (Å²) in [6, 6.07) is 13.6. The van der Waals surface area contributed by atoms with Crippen molar-refractivity contribution in [3.63, 3.8) is 0 Å². The molecule has 21 heavy (non-hydrogen) atoms. The lowest BCUT2D eigenvalue weighted by molar-refractivity contribution is 0.295. The molecule has 0 unspecified atom stereocenters. The SMILES string of the molecule is CN(C)c1ccc(N([O-])Cc2ccccc2N([O-])O)cc1. The number of para-hydroxylation sites is 1. The van der Waals surface area contributed by atoms with Crippen molar-refractivity contribution < 1.29 is 5.21 Å². The summed E-state index contributed by atoms with van der Waals surface area (Å²) in [4.78, 5) is 1.94. The lowest BCUT2D eigenvalue weighted by Crippen LogP contribution is -2.18. The summed E-state index contributed by atoms with van der Waals surface area (Å²) in [5.41, 5.74) is 2.02. The maximum absolute atomic E-state index is 12.2. The Morgan fingerprint density at radius 3 is 2.05 bits per heavy atom. The largest absolute Gasteiger partial charge is 0.758 e. The number of nitrogens with zero attached hydrogens (tertiary/aromatic N) is 3. The third-order valence-corrected chi connectivity index (χ3v) is 3.17. The monoisotopic (exact) mass is 287 g/mol. The molecule has 2 aromatic rings. The molecule has 6 nitrogen and oxygen atoms in total. The quantitative estimate of drug-likeness (QED) is 0.852. The third kappa shape index (κ3) is 3.63. The minimum Gasteiger partial charge on any atom is -0.758 e. The maximum atomic E-state index is 12.2. The molecule has 0 fully saturated rings. The van der Waals surface area contributed by atoms with Crippen LogP contribution in [0.25, 0.3) is 0 Å². The van der Waals surface area contributed by atoms with Gasteiger partial charge in [-0.25, -0.2) is 0 Å². The predicted octanol–water partition coefficient (Wildman–Crippen LogP) is 2.95. The van der Waals surface area contributed by atoms with Crippen LogP contribution in [0.2, 0.25) is 0 Å². The van der Waals surface area contributed by atoms with Gasteiger partial charge in [0, 0.05) is 32.0 Å². The van der Waals surface area contributed by atoms with Gasteiger partial charge in [0.2, 0.25) is 0 Å². The Morgan fingerprint density at radius 2 is 1.48 bits per heavy atom. The first-order valence-corrected chi connectivity index (χ1v) is 6.45. The van der Waals surface area contributed by atoms with Gasteiger partial charge in [-0.15, -0.1) is 0 Å². The van der Waals surface area contributed by atoms with Crippen LogP contribution in [0.15, 0.2) is 48.5 Å². The Kier molecular flexibility index (Phi) is 4.64. The van der Waals surface area contributed by atoms with E-state index in [0.717, 1.165) is 10.8 Å². The second-order valence-electron chi connectivity index (χ2n) is 4.85. The van der Waals surface area contributed by atoms with Crippen molar-refractivity contribution in [2.75, 3.05) is 29.3 Å². The Balaban J connectivity index is 2.16. The van der Waals surface area contributed by atoms with Crippen LogP contribution in [-0.4, -0.2) is 19.3 Å². The van der Waals surface area contributed by atoms with Crippen molar-refractivity contribution in [3.8, 4) is 0 Å². The van der Waals surface area contributed by atoms with Crippen molar-refractivity contribution in [2.24, 2.45) is 0 Å². The van der Waals surface area contributed by atoms with E-state index < -0.39 is 0 Å². The molecule has 0 radical (unpaired) electrons. The molecule has 112 valence electrons. The van der Waals surface area contributed by atoms with E-state index in [1.165, 1.54) is 6.07 Å². The van der Waals surface area contributed by atoms with Crippen LogP contribution in [0.5, 0.6) is 0 Å². The molecule has 2 rings (SSSR count). The van der Waals surface area contributed by atoms with Crippen LogP contribution >= 0.6 is 0 Å². The van der Waals surface area contributed by atoms with Crippen molar-refractivity contribution in [1.29, 1.82) is 0 Å². The fourth-order valence-corrected chi connectivity index (χ4v) is 1.99. The summed E-state index contributed by atoms with van der Waals surface area (Å²) < 4.78 is 0. The molecule has 0 saturated heterocycles. The minimum atomic E-state index is -0.224. The molecule has 0 atom stereocenters. The van der Waals surface area contributed by atoms with Gasteiger partial charge >= 0.3 is 0 Å². The van der Waals surface area contributed by atoms with Crippen molar-refractivity contribution in [2.45, 2.75) is 6.54 Å². The summed E-state index contributed by atoms with van der Waals surface area (Å²) in [6.07, 6.45) is 0. The van der Waals surface area contributed by atoms with Gasteiger partial charge in [-0.1, -0.05) is 18.2 Å². The standard InChI is InChI=1S/C15H17N3O3/c1-16(2)13-7-9-14(10-8-13)17(19)11-12-5-3-4-6-15(12)18(20)21/h3-10,20H,11H2,1-2H3/q-2. The fourth-order valence-electron chi connectivity index (χ4n) is 1.99. The zero-order valence-electron chi connectivity index (χ0n) is 11.9. The van der Waals surface area contributed by atoms with Crippen molar-refractivity contribution in [1.82, 2.24) is 0 Å². The van der Waals surface area contributed by atoms with E-state index in [-0.39, 0.29) is 17.5 Å². The highest BCUT2D eigenvalue weighted by Gasteiger charge is 2.04. The van der Waals surface area contributed by atoms with Crippen LogP contribution in [0.3, 0.4) is 0 Å². The fraction of sp³-hybridized carbons (Fsp3) is 0.200. The van der Waals surface area contributed by atoms with Gasteiger partial charge in [0.25, 0.3) is 0 Å².